The molecule has 7 nitrogen and oxygen atoms in total. The standard InChI is InChI=1S/C14H27N7/c1-6-11-10-21(9-8-20(11)5)14-17-12(15-7-2)16-13(18-14)19(3)4/h11H,6-10H2,1-5H3,(H,15,16,17,18). The lowest BCUT2D eigenvalue weighted by Gasteiger charge is -2.39. The minimum Gasteiger partial charge on any atom is -0.354 e. The molecule has 1 aliphatic heterocycles. The summed E-state index contributed by atoms with van der Waals surface area (Å²) in [4.78, 5) is 20.2. The van der Waals surface area contributed by atoms with Gasteiger partial charge in [-0.1, -0.05) is 6.92 Å². The Morgan fingerprint density at radius 3 is 2.57 bits per heavy atom. The van der Waals surface area contributed by atoms with Crippen LogP contribution in [0.25, 0.3) is 0 Å². The maximum absolute atomic E-state index is 4.60. The van der Waals surface area contributed by atoms with Gasteiger partial charge in [0.1, 0.15) is 0 Å². The van der Waals surface area contributed by atoms with Crippen LogP contribution in [-0.4, -0.2) is 73.2 Å². The van der Waals surface area contributed by atoms with E-state index in [1.165, 1.54) is 0 Å². The summed E-state index contributed by atoms with van der Waals surface area (Å²) in [6, 6.07) is 0.556. The zero-order valence-electron chi connectivity index (χ0n) is 13.8. The monoisotopic (exact) mass is 293 g/mol. The number of anilines is 3. The molecule has 2 rings (SSSR count). The fourth-order valence-electron chi connectivity index (χ4n) is 2.50. The summed E-state index contributed by atoms with van der Waals surface area (Å²) < 4.78 is 0. The van der Waals surface area contributed by atoms with Gasteiger partial charge in [-0.05, 0) is 20.4 Å². The fraction of sp³-hybridized carbons (Fsp3) is 0.786. The molecule has 0 aliphatic carbocycles. The molecule has 21 heavy (non-hydrogen) atoms. The van der Waals surface area contributed by atoms with Crippen molar-refractivity contribution in [3.05, 3.63) is 0 Å². The molecule has 1 saturated heterocycles. The third-order valence-corrected chi connectivity index (χ3v) is 3.88. The van der Waals surface area contributed by atoms with E-state index in [2.05, 4.69) is 44.0 Å². The zero-order chi connectivity index (χ0) is 15.4. The smallest absolute Gasteiger partial charge is 0.232 e. The molecule has 1 aromatic rings. The molecule has 1 fully saturated rings. The van der Waals surface area contributed by atoms with Gasteiger partial charge in [-0.2, -0.15) is 15.0 Å². The van der Waals surface area contributed by atoms with Crippen molar-refractivity contribution in [3.63, 3.8) is 0 Å². The van der Waals surface area contributed by atoms with Crippen LogP contribution in [0, 0.1) is 0 Å². The molecule has 7 heteroatoms. The number of nitrogens with zero attached hydrogens (tertiary/aromatic N) is 6. The van der Waals surface area contributed by atoms with Gasteiger partial charge in [0, 0.05) is 46.3 Å². The van der Waals surface area contributed by atoms with Gasteiger partial charge in [-0.15, -0.1) is 0 Å². The minimum absolute atomic E-state index is 0.556. The van der Waals surface area contributed by atoms with Gasteiger partial charge in [-0.3, -0.25) is 4.90 Å². The van der Waals surface area contributed by atoms with E-state index >= 15 is 0 Å². The van der Waals surface area contributed by atoms with Gasteiger partial charge in [0.2, 0.25) is 17.8 Å². The fourth-order valence-corrected chi connectivity index (χ4v) is 2.50. The number of hydrogen-bond donors (Lipinski definition) is 1. The first kappa shape index (κ1) is 15.8. The highest BCUT2D eigenvalue weighted by Crippen LogP contribution is 2.19. The van der Waals surface area contributed by atoms with E-state index < -0.39 is 0 Å². The number of nitrogens with one attached hydrogen (secondary N) is 1. The van der Waals surface area contributed by atoms with Crippen LogP contribution in [0.3, 0.4) is 0 Å². The summed E-state index contributed by atoms with van der Waals surface area (Å²) in [7, 11) is 6.09. The minimum atomic E-state index is 0.556. The van der Waals surface area contributed by atoms with Gasteiger partial charge in [0.05, 0.1) is 0 Å². The van der Waals surface area contributed by atoms with Gasteiger partial charge >= 0.3 is 0 Å². The Bertz CT molecular complexity index is 463. The number of rotatable bonds is 5. The number of likely N-dealkylation sites (N-methyl/N-ethyl adjacent to an activating group) is 1. The van der Waals surface area contributed by atoms with E-state index in [9.17, 15) is 0 Å². The first-order valence-electron chi connectivity index (χ1n) is 7.67. The highest BCUT2D eigenvalue weighted by molar-refractivity contribution is 5.45. The van der Waals surface area contributed by atoms with E-state index in [0.717, 1.165) is 38.5 Å². The average Bonchev–Trinajstić information content (AvgIpc) is 2.47. The van der Waals surface area contributed by atoms with Gasteiger partial charge in [-0.25, -0.2) is 0 Å². The normalized spacial score (nSPS) is 19.7. The Morgan fingerprint density at radius 1 is 1.19 bits per heavy atom. The van der Waals surface area contributed by atoms with Crippen molar-refractivity contribution in [2.24, 2.45) is 0 Å². The average molecular weight is 293 g/mol. The highest BCUT2D eigenvalue weighted by atomic mass is 15.4. The largest absolute Gasteiger partial charge is 0.354 e. The first-order valence-corrected chi connectivity index (χ1v) is 7.67. The van der Waals surface area contributed by atoms with Crippen LogP contribution in [0.1, 0.15) is 20.3 Å². The van der Waals surface area contributed by atoms with Crippen LogP contribution < -0.4 is 15.1 Å². The van der Waals surface area contributed by atoms with Crippen molar-refractivity contribution < 1.29 is 0 Å². The van der Waals surface area contributed by atoms with E-state index in [4.69, 9.17) is 0 Å². The molecule has 1 aliphatic rings. The third-order valence-electron chi connectivity index (χ3n) is 3.88. The van der Waals surface area contributed by atoms with Gasteiger partial charge in [0.25, 0.3) is 0 Å². The SMILES string of the molecule is CCNc1nc(N(C)C)nc(N2CCN(C)C(CC)C2)n1. The van der Waals surface area contributed by atoms with Crippen LogP contribution >= 0.6 is 0 Å². The highest BCUT2D eigenvalue weighted by Gasteiger charge is 2.25. The molecule has 2 heterocycles. The molecule has 0 bridgehead atoms. The number of hydrogen-bond acceptors (Lipinski definition) is 7. The van der Waals surface area contributed by atoms with Crippen molar-refractivity contribution in [1.29, 1.82) is 0 Å². The molecular weight excluding hydrogens is 266 g/mol. The maximum atomic E-state index is 4.60. The lowest BCUT2D eigenvalue weighted by atomic mass is 10.1. The molecule has 0 saturated carbocycles. The predicted molar refractivity (Wildman–Crippen MR) is 87.2 cm³/mol. The summed E-state index contributed by atoms with van der Waals surface area (Å²) in [5, 5.41) is 3.19. The second kappa shape index (κ2) is 6.89. The summed E-state index contributed by atoms with van der Waals surface area (Å²) in [5.41, 5.74) is 0. The quantitative estimate of drug-likeness (QED) is 0.865. The van der Waals surface area contributed by atoms with Crippen molar-refractivity contribution in [3.8, 4) is 0 Å². The van der Waals surface area contributed by atoms with E-state index in [-0.39, 0.29) is 0 Å². The molecule has 0 spiro atoms. The second-order valence-electron chi connectivity index (χ2n) is 5.67. The van der Waals surface area contributed by atoms with E-state index in [1.54, 1.807) is 0 Å². The maximum Gasteiger partial charge on any atom is 0.232 e. The topological polar surface area (TPSA) is 60.4 Å². The van der Waals surface area contributed by atoms with Crippen molar-refractivity contribution >= 4 is 17.8 Å². The molecule has 1 atom stereocenters. The zero-order valence-corrected chi connectivity index (χ0v) is 13.8. The van der Waals surface area contributed by atoms with Gasteiger partial charge < -0.3 is 15.1 Å². The van der Waals surface area contributed by atoms with Crippen LogP contribution in [0.4, 0.5) is 17.8 Å². The first-order chi connectivity index (χ1) is 10.0. The summed E-state index contributed by atoms with van der Waals surface area (Å²) >= 11 is 0. The molecule has 0 radical (unpaired) electrons. The summed E-state index contributed by atoms with van der Waals surface area (Å²) in [5.74, 6) is 2.12. The summed E-state index contributed by atoms with van der Waals surface area (Å²) in [6.45, 7) is 8.04. The Balaban J connectivity index is 2.25. The number of aromatic nitrogens is 3. The Morgan fingerprint density at radius 2 is 1.95 bits per heavy atom. The van der Waals surface area contributed by atoms with E-state index in [1.807, 2.05) is 25.9 Å². The molecule has 0 amide bonds. The summed E-state index contributed by atoms with van der Waals surface area (Å²) in [6.07, 6.45) is 1.14. The van der Waals surface area contributed by atoms with Crippen molar-refractivity contribution in [2.75, 3.05) is 62.4 Å². The predicted octanol–water partition coefficient (Wildman–Crippen LogP) is 0.900. The lowest BCUT2D eigenvalue weighted by Crippen LogP contribution is -2.51. The van der Waals surface area contributed by atoms with Crippen LogP contribution in [0.2, 0.25) is 0 Å². The van der Waals surface area contributed by atoms with Crippen molar-refractivity contribution in [1.82, 2.24) is 19.9 Å². The molecule has 1 aromatic heterocycles. The molecule has 1 unspecified atom stereocenters. The Hall–Kier alpha value is -1.63. The van der Waals surface area contributed by atoms with Gasteiger partial charge in [0.15, 0.2) is 0 Å². The van der Waals surface area contributed by atoms with Crippen molar-refractivity contribution in [2.45, 2.75) is 26.3 Å². The molecule has 118 valence electrons. The lowest BCUT2D eigenvalue weighted by molar-refractivity contribution is 0.212. The van der Waals surface area contributed by atoms with Crippen LogP contribution in [0.15, 0.2) is 0 Å². The van der Waals surface area contributed by atoms with Crippen LogP contribution in [0.5, 0.6) is 0 Å². The molecule has 1 N–H and O–H groups in total. The third kappa shape index (κ3) is 3.72. The second-order valence-corrected chi connectivity index (χ2v) is 5.67. The molecule has 0 aromatic carbocycles. The van der Waals surface area contributed by atoms with E-state index in [0.29, 0.717) is 17.9 Å². The van der Waals surface area contributed by atoms with Crippen LogP contribution in [-0.2, 0) is 0 Å². The molecular formula is C14H27N7. The Kier molecular flexibility index (Phi) is 5.17. The number of piperazine rings is 1. The Labute approximate surface area is 127 Å².